The summed E-state index contributed by atoms with van der Waals surface area (Å²) >= 11 is 0. The molecule has 0 spiro atoms. The molecule has 4 heterocycles. The first-order valence-corrected chi connectivity index (χ1v) is 12.0. The molecule has 0 saturated carbocycles. The smallest absolute Gasteiger partial charge is 0.235 e. The van der Waals surface area contributed by atoms with Gasteiger partial charge in [0.05, 0.1) is 11.6 Å². The van der Waals surface area contributed by atoms with Crippen LogP contribution in [-0.2, 0) is 16.6 Å². The largest absolute Gasteiger partial charge is 0.316 e. The lowest BCUT2D eigenvalue weighted by atomic mass is 9.86. The molecule has 2 aromatic rings. The highest BCUT2D eigenvalue weighted by Gasteiger charge is 2.36. The lowest BCUT2D eigenvalue weighted by Crippen LogP contribution is -2.48. The molecular weight excluding hydrogens is 428 g/mol. The summed E-state index contributed by atoms with van der Waals surface area (Å²) < 4.78 is 32.3. The summed E-state index contributed by atoms with van der Waals surface area (Å²) in [5.41, 5.74) is 0.459. The maximum atomic E-state index is 15.7. The number of carbonyl (C=O) groups is 2. The van der Waals surface area contributed by atoms with E-state index in [-0.39, 0.29) is 30.0 Å². The van der Waals surface area contributed by atoms with Crippen molar-refractivity contribution in [2.24, 2.45) is 7.05 Å². The molecule has 5 rings (SSSR count). The van der Waals surface area contributed by atoms with Crippen molar-refractivity contribution in [1.82, 2.24) is 25.3 Å². The number of imide groups is 1. The van der Waals surface area contributed by atoms with E-state index in [9.17, 15) is 9.59 Å². The first-order valence-electron chi connectivity index (χ1n) is 12.0. The van der Waals surface area contributed by atoms with Gasteiger partial charge in [0.2, 0.25) is 11.8 Å². The number of likely N-dealkylation sites (tertiary alicyclic amines) is 1. The summed E-state index contributed by atoms with van der Waals surface area (Å²) in [4.78, 5) is 26.0. The van der Waals surface area contributed by atoms with Gasteiger partial charge in [-0.2, -0.15) is 5.10 Å². The van der Waals surface area contributed by atoms with E-state index in [4.69, 9.17) is 0 Å². The number of halogens is 2. The van der Waals surface area contributed by atoms with Crippen LogP contribution in [0.1, 0.15) is 61.6 Å². The quantitative estimate of drug-likeness (QED) is 0.687. The molecule has 3 aliphatic rings. The van der Waals surface area contributed by atoms with E-state index in [0.29, 0.717) is 48.0 Å². The molecule has 3 aliphatic heterocycles. The summed E-state index contributed by atoms with van der Waals surface area (Å²) in [7, 11) is 1.69. The fourth-order valence-corrected chi connectivity index (χ4v) is 5.73. The molecule has 7 nitrogen and oxygen atoms in total. The Labute approximate surface area is 191 Å². The van der Waals surface area contributed by atoms with Gasteiger partial charge in [-0.3, -0.25) is 19.6 Å². The number of carbonyl (C=O) groups excluding carboxylic acids is 2. The Morgan fingerprint density at radius 1 is 1.15 bits per heavy atom. The fourth-order valence-electron chi connectivity index (χ4n) is 5.73. The third-order valence-corrected chi connectivity index (χ3v) is 7.61. The van der Waals surface area contributed by atoms with Crippen molar-refractivity contribution in [2.75, 3.05) is 32.7 Å². The first kappa shape index (κ1) is 22.4. The second-order valence-corrected chi connectivity index (χ2v) is 9.83. The highest BCUT2D eigenvalue weighted by molar-refractivity contribution is 6.02. The van der Waals surface area contributed by atoms with Crippen LogP contribution in [0.15, 0.2) is 12.1 Å². The number of nitrogens with one attached hydrogen (secondary N) is 2. The van der Waals surface area contributed by atoms with Crippen molar-refractivity contribution >= 4 is 22.7 Å². The van der Waals surface area contributed by atoms with Gasteiger partial charge in [0.1, 0.15) is 11.2 Å². The number of amides is 2. The van der Waals surface area contributed by atoms with Crippen LogP contribution in [0.5, 0.6) is 0 Å². The van der Waals surface area contributed by atoms with Crippen LogP contribution < -0.4 is 10.6 Å². The van der Waals surface area contributed by atoms with E-state index in [1.54, 1.807) is 7.05 Å². The molecule has 3 saturated heterocycles. The van der Waals surface area contributed by atoms with Crippen LogP contribution >= 0.6 is 0 Å². The lowest BCUT2D eigenvalue weighted by Gasteiger charge is -2.38. The number of rotatable bonds is 4. The average molecular weight is 460 g/mol. The molecule has 2 N–H and O–H groups in total. The van der Waals surface area contributed by atoms with Gasteiger partial charge in [0.25, 0.3) is 0 Å². The zero-order valence-electron chi connectivity index (χ0n) is 19.0. The first-order chi connectivity index (χ1) is 15.8. The van der Waals surface area contributed by atoms with E-state index < -0.39 is 11.6 Å². The van der Waals surface area contributed by atoms with Gasteiger partial charge >= 0.3 is 0 Å². The standard InChI is InChI=1S/C24H31F2N5O2/c1-30-22-17(21(29-30)18-4-5-19(32)28-23(18)33)3-2-16(20(22)25)15-6-12-31(13-7-15)14-24(26)8-10-27-11-9-24/h2-3,15,18,27H,4-14H2,1H3,(H,28,32,33). The van der Waals surface area contributed by atoms with Gasteiger partial charge in [-0.15, -0.1) is 0 Å². The molecule has 0 bridgehead atoms. The second-order valence-electron chi connectivity index (χ2n) is 9.83. The Morgan fingerprint density at radius 2 is 1.88 bits per heavy atom. The normalized spacial score (nSPS) is 24.9. The van der Waals surface area contributed by atoms with Crippen LogP contribution in [0.25, 0.3) is 10.9 Å². The van der Waals surface area contributed by atoms with Gasteiger partial charge in [0, 0.05) is 25.4 Å². The Bertz CT molecular complexity index is 1070. The number of fused-ring (bicyclic) bond motifs is 1. The maximum Gasteiger partial charge on any atom is 0.235 e. The molecule has 1 aromatic heterocycles. The predicted octanol–water partition coefficient (Wildman–Crippen LogP) is 2.50. The van der Waals surface area contributed by atoms with Gasteiger partial charge < -0.3 is 10.2 Å². The summed E-state index contributed by atoms with van der Waals surface area (Å²) in [5.74, 6) is -1.43. The molecule has 1 unspecified atom stereocenters. The molecular formula is C24H31F2N5O2. The number of alkyl halides is 1. The second kappa shape index (κ2) is 8.76. The van der Waals surface area contributed by atoms with Gasteiger partial charge in [-0.25, -0.2) is 8.78 Å². The zero-order valence-corrected chi connectivity index (χ0v) is 19.0. The molecule has 1 atom stereocenters. The minimum absolute atomic E-state index is 0.0724. The minimum Gasteiger partial charge on any atom is -0.316 e. The zero-order chi connectivity index (χ0) is 23.2. The summed E-state index contributed by atoms with van der Waals surface area (Å²) in [5, 5.41) is 10.7. The van der Waals surface area contributed by atoms with Crippen LogP contribution in [0.4, 0.5) is 8.78 Å². The number of hydrogen-bond acceptors (Lipinski definition) is 5. The monoisotopic (exact) mass is 459 g/mol. The van der Waals surface area contributed by atoms with Crippen LogP contribution in [-0.4, -0.2) is 64.9 Å². The number of benzene rings is 1. The number of hydrogen-bond donors (Lipinski definition) is 2. The maximum absolute atomic E-state index is 15.7. The number of aromatic nitrogens is 2. The average Bonchev–Trinajstić information content (AvgIpc) is 3.12. The van der Waals surface area contributed by atoms with Crippen LogP contribution in [0.2, 0.25) is 0 Å². The van der Waals surface area contributed by atoms with Crippen LogP contribution in [0.3, 0.4) is 0 Å². The number of aryl methyl sites for hydroxylation is 1. The fraction of sp³-hybridized carbons (Fsp3) is 0.625. The van der Waals surface area contributed by atoms with E-state index >= 15 is 8.78 Å². The van der Waals surface area contributed by atoms with Crippen molar-refractivity contribution in [3.05, 3.63) is 29.2 Å². The van der Waals surface area contributed by atoms with Crippen molar-refractivity contribution in [3.63, 3.8) is 0 Å². The Morgan fingerprint density at radius 3 is 2.58 bits per heavy atom. The molecule has 1 aromatic carbocycles. The molecule has 0 aliphatic carbocycles. The van der Waals surface area contributed by atoms with Crippen molar-refractivity contribution in [2.45, 2.75) is 56.0 Å². The minimum atomic E-state index is -1.12. The van der Waals surface area contributed by atoms with Crippen molar-refractivity contribution in [1.29, 1.82) is 0 Å². The Hall–Kier alpha value is -2.39. The van der Waals surface area contributed by atoms with E-state index in [0.717, 1.165) is 39.0 Å². The molecule has 2 amide bonds. The predicted molar refractivity (Wildman–Crippen MR) is 120 cm³/mol. The third-order valence-electron chi connectivity index (χ3n) is 7.61. The molecule has 178 valence electrons. The SMILES string of the molecule is Cn1nc(C2CCC(=O)NC2=O)c2ccc(C3CCN(CC4(F)CCNCC4)CC3)c(F)c21. The van der Waals surface area contributed by atoms with E-state index in [1.807, 2.05) is 12.1 Å². The van der Waals surface area contributed by atoms with Crippen LogP contribution in [0, 0.1) is 5.82 Å². The van der Waals surface area contributed by atoms with Crippen molar-refractivity contribution < 1.29 is 18.4 Å². The highest BCUT2D eigenvalue weighted by Crippen LogP contribution is 2.37. The molecule has 3 fully saturated rings. The Balaban J connectivity index is 1.33. The van der Waals surface area contributed by atoms with Crippen molar-refractivity contribution in [3.8, 4) is 0 Å². The molecule has 33 heavy (non-hydrogen) atoms. The summed E-state index contributed by atoms with van der Waals surface area (Å²) in [6, 6.07) is 3.68. The van der Waals surface area contributed by atoms with Gasteiger partial charge in [-0.1, -0.05) is 12.1 Å². The highest BCUT2D eigenvalue weighted by atomic mass is 19.1. The molecule has 9 heteroatoms. The van der Waals surface area contributed by atoms with Gasteiger partial charge in [0.15, 0.2) is 5.82 Å². The summed E-state index contributed by atoms with van der Waals surface area (Å²) in [6.07, 6.45) is 3.31. The van der Waals surface area contributed by atoms with E-state index in [1.165, 1.54) is 4.68 Å². The van der Waals surface area contributed by atoms with E-state index in [2.05, 4.69) is 20.6 Å². The number of nitrogens with zero attached hydrogens (tertiary/aromatic N) is 3. The third kappa shape index (κ3) is 4.28. The molecule has 0 radical (unpaired) electrons. The number of piperidine rings is 3. The van der Waals surface area contributed by atoms with Gasteiger partial charge in [-0.05, 0) is 69.8 Å². The Kier molecular flexibility index (Phi) is 5.95. The topological polar surface area (TPSA) is 79.3 Å². The summed E-state index contributed by atoms with van der Waals surface area (Å²) in [6.45, 7) is 3.43. The lowest BCUT2D eigenvalue weighted by molar-refractivity contribution is -0.134.